The van der Waals surface area contributed by atoms with E-state index in [4.69, 9.17) is 0 Å². The minimum absolute atomic E-state index is 0.0898. The van der Waals surface area contributed by atoms with Crippen molar-refractivity contribution >= 4 is 9.84 Å². The van der Waals surface area contributed by atoms with Gasteiger partial charge in [-0.3, -0.25) is 4.98 Å². The van der Waals surface area contributed by atoms with E-state index < -0.39 is 9.84 Å². The number of sulfone groups is 1. The standard InChI is InChI=1S/C12H18N2O2S/c1-10(12-6-2-3-7-13-12)14-9-11-5-4-8-17(11,15)16/h2-3,6-7,10-11,14H,4-5,8-9H2,1H3. The zero-order chi connectivity index (χ0) is 12.3. The minimum atomic E-state index is -2.85. The van der Waals surface area contributed by atoms with Crippen molar-refractivity contribution in [2.45, 2.75) is 31.1 Å². The molecule has 5 heteroatoms. The maximum atomic E-state index is 11.7. The van der Waals surface area contributed by atoms with E-state index in [1.165, 1.54) is 0 Å². The van der Waals surface area contributed by atoms with E-state index in [1.54, 1.807) is 6.20 Å². The average molecular weight is 254 g/mol. The van der Waals surface area contributed by atoms with Gasteiger partial charge >= 0.3 is 0 Å². The molecule has 94 valence electrons. The molecule has 0 spiro atoms. The summed E-state index contributed by atoms with van der Waals surface area (Å²) in [6.07, 6.45) is 3.33. The summed E-state index contributed by atoms with van der Waals surface area (Å²) in [6.45, 7) is 2.53. The molecule has 1 aromatic heterocycles. The Morgan fingerprint density at radius 2 is 2.35 bits per heavy atom. The fourth-order valence-corrected chi connectivity index (χ4v) is 3.91. The van der Waals surface area contributed by atoms with Gasteiger partial charge in [0.05, 0.1) is 16.7 Å². The summed E-state index contributed by atoms with van der Waals surface area (Å²) in [5.74, 6) is 0.345. The molecule has 0 aromatic carbocycles. The molecule has 4 nitrogen and oxygen atoms in total. The highest BCUT2D eigenvalue weighted by Crippen LogP contribution is 2.20. The van der Waals surface area contributed by atoms with Gasteiger partial charge in [-0.05, 0) is 31.9 Å². The fourth-order valence-electron chi connectivity index (χ4n) is 2.13. The first-order valence-corrected chi connectivity index (χ1v) is 7.67. The van der Waals surface area contributed by atoms with Crippen LogP contribution in [0, 0.1) is 0 Å². The predicted octanol–water partition coefficient (Wildman–Crippen LogP) is 1.31. The Morgan fingerprint density at radius 3 is 2.94 bits per heavy atom. The molecule has 0 radical (unpaired) electrons. The molecule has 1 aliphatic rings. The lowest BCUT2D eigenvalue weighted by Gasteiger charge is -2.16. The van der Waals surface area contributed by atoms with Crippen LogP contribution in [0.25, 0.3) is 0 Å². The summed E-state index contributed by atoms with van der Waals surface area (Å²) in [6, 6.07) is 5.85. The number of hydrogen-bond acceptors (Lipinski definition) is 4. The zero-order valence-corrected chi connectivity index (χ0v) is 10.8. The summed E-state index contributed by atoms with van der Waals surface area (Å²) < 4.78 is 23.3. The Bertz CT molecular complexity index is 459. The van der Waals surface area contributed by atoms with Crippen molar-refractivity contribution in [3.8, 4) is 0 Å². The minimum Gasteiger partial charge on any atom is -0.308 e. The molecule has 1 saturated heterocycles. The van der Waals surface area contributed by atoms with E-state index in [-0.39, 0.29) is 11.3 Å². The SMILES string of the molecule is CC(NCC1CCCS1(=O)=O)c1ccccn1. The molecular formula is C12H18N2O2S. The van der Waals surface area contributed by atoms with E-state index >= 15 is 0 Å². The van der Waals surface area contributed by atoms with Gasteiger partial charge in [-0.15, -0.1) is 0 Å². The van der Waals surface area contributed by atoms with Gasteiger partial charge in [-0.1, -0.05) is 6.07 Å². The third-order valence-corrected chi connectivity index (χ3v) is 5.52. The molecular weight excluding hydrogens is 236 g/mol. The topological polar surface area (TPSA) is 59.1 Å². The lowest BCUT2D eigenvalue weighted by atomic mass is 10.2. The lowest BCUT2D eigenvalue weighted by Crippen LogP contribution is -2.32. The molecule has 1 fully saturated rings. The van der Waals surface area contributed by atoms with Crippen molar-refractivity contribution in [1.82, 2.24) is 10.3 Å². The summed E-state index contributed by atoms with van der Waals surface area (Å²) in [4.78, 5) is 4.25. The fraction of sp³-hybridized carbons (Fsp3) is 0.583. The highest BCUT2D eigenvalue weighted by atomic mass is 32.2. The largest absolute Gasteiger partial charge is 0.308 e. The first kappa shape index (κ1) is 12.5. The van der Waals surface area contributed by atoms with Crippen molar-refractivity contribution in [3.05, 3.63) is 30.1 Å². The van der Waals surface area contributed by atoms with Crippen LogP contribution in [0.1, 0.15) is 31.5 Å². The lowest BCUT2D eigenvalue weighted by molar-refractivity contribution is 0.531. The summed E-state index contributed by atoms with van der Waals surface area (Å²) in [5, 5.41) is 3.04. The van der Waals surface area contributed by atoms with Crippen molar-refractivity contribution in [3.63, 3.8) is 0 Å². The maximum absolute atomic E-state index is 11.7. The molecule has 2 heterocycles. The molecule has 1 aromatic rings. The number of pyridine rings is 1. The van der Waals surface area contributed by atoms with E-state index in [2.05, 4.69) is 10.3 Å². The van der Waals surface area contributed by atoms with Crippen molar-refractivity contribution in [2.24, 2.45) is 0 Å². The summed E-state index contributed by atoms with van der Waals surface area (Å²) in [7, 11) is -2.85. The Labute approximate surface area is 102 Å². The molecule has 2 rings (SSSR count). The summed E-state index contributed by atoms with van der Waals surface area (Å²) in [5.41, 5.74) is 0.947. The number of rotatable bonds is 4. The number of aromatic nitrogens is 1. The quantitative estimate of drug-likeness (QED) is 0.880. The highest BCUT2D eigenvalue weighted by Gasteiger charge is 2.31. The van der Waals surface area contributed by atoms with E-state index in [0.717, 1.165) is 18.5 Å². The van der Waals surface area contributed by atoms with Gasteiger partial charge in [-0.2, -0.15) is 0 Å². The first-order valence-electron chi connectivity index (χ1n) is 5.95. The van der Waals surface area contributed by atoms with Crippen molar-refractivity contribution < 1.29 is 8.42 Å². The number of nitrogens with zero attached hydrogens (tertiary/aromatic N) is 1. The normalized spacial score (nSPS) is 24.6. The van der Waals surface area contributed by atoms with Crippen molar-refractivity contribution in [1.29, 1.82) is 0 Å². The molecule has 1 N–H and O–H groups in total. The average Bonchev–Trinajstić information content (AvgIpc) is 2.66. The summed E-state index contributed by atoms with van der Waals surface area (Å²) >= 11 is 0. The molecule has 0 aliphatic carbocycles. The molecule has 2 unspecified atom stereocenters. The van der Waals surface area contributed by atoms with E-state index in [9.17, 15) is 8.42 Å². The second-order valence-corrected chi connectivity index (χ2v) is 6.92. The Morgan fingerprint density at radius 1 is 1.53 bits per heavy atom. The van der Waals surface area contributed by atoms with Crippen LogP contribution >= 0.6 is 0 Å². The third-order valence-electron chi connectivity index (χ3n) is 3.25. The Hall–Kier alpha value is -0.940. The maximum Gasteiger partial charge on any atom is 0.154 e. The van der Waals surface area contributed by atoms with Crippen LogP contribution in [0.5, 0.6) is 0 Å². The van der Waals surface area contributed by atoms with Gasteiger partial charge in [0.15, 0.2) is 9.84 Å². The second-order valence-electron chi connectivity index (χ2n) is 4.52. The zero-order valence-electron chi connectivity index (χ0n) is 9.96. The van der Waals surface area contributed by atoms with Crippen molar-refractivity contribution in [2.75, 3.05) is 12.3 Å². The molecule has 17 heavy (non-hydrogen) atoms. The van der Waals surface area contributed by atoms with Crippen LogP contribution in [-0.4, -0.2) is 30.9 Å². The van der Waals surface area contributed by atoms with Gasteiger partial charge in [0.2, 0.25) is 0 Å². The first-order chi connectivity index (χ1) is 8.09. The Balaban J connectivity index is 1.91. The van der Waals surface area contributed by atoms with Gasteiger partial charge < -0.3 is 5.32 Å². The molecule has 0 amide bonds. The van der Waals surface area contributed by atoms with Crippen LogP contribution in [0.15, 0.2) is 24.4 Å². The highest BCUT2D eigenvalue weighted by molar-refractivity contribution is 7.92. The van der Waals surface area contributed by atoms with Gasteiger partial charge in [0.1, 0.15) is 0 Å². The van der Waals surface area contributed by atoms with E-state index in [0.29, 0.717) is 12.3 Å². The molecule has 2 atom stereocenters. The predicted molar refractivity (Wildman–Crippen MR) is 67.5 cm³/mol. The van der Waals surface area contributed by atoms with Gasteiger partial charge in [0, 0.05) is 18.8 Å². The van der Waals surface area contributed by atoms with E-state index in [1.807, 2.05) is 25.1 Å². The van der Waals surface area contributed by atoms with Crippen LogP contribution in [0.4, 0.5) is 0 Å². The van der Waals surface area contributed by atoms with Crippen LogP contribution in [0.3, 0.4) is 0 Å². The smallest absolute Gasteiger partial charge is 0.154 e. The second kappa shape index (κ2) is 5.14. The number of nitrogens with one attached hydrogen (secondary N) is 1. The number of hydrogen-bond donors (Lipinski definition) is 1. The van der Waals surface area contributed by atoms with Crippen LogP contribution in [0.2, 0.25) is 0 Å². The van der Waals surface area contributed by atoms with Crippen LogP contribution in [-0.2, 0) is 9.84 Å². The third kappa shape index (κ3) is 3.04. The van der Waals surface area contributed by atoms with Crippen LogP contribution < -0.4 is 5.32 Å². The monoisotopic (exact) mass is 254 g/mol. The molecule has 0 saturated carbocycles. The van der Waals surface area contributed by atoms with Gasteiger partial charge in [-0.25, -0.2) is 8.42 Å². The Kier molecular flexibility index (Phi) is 3.79. The van der Waals surface area contributed by atoms with Gasteiger partial charge in [0.25, 0.3) is 0 Å². The molecule has 0 bridgehead atoms. The molecule has 1 aliphatic heterocycles.